The first-order chi connectivity index (χ1) is 10.4. The summed E-state index contributed by atoms with van der Waals surface area (Å²) in [5, 5.41) is 0. The lowest BCUT2D eigenvalue weighted by Gasteiger charge is -2.25. The van der Waals surface area contributed by atoms with Crippen LogP contribution in [0.25, 0.3) is 0 Å². The SMILES string of the molecule is CC(=O)N(C)c1ccc(N)c2c1C(=O)c1ccccc1C2=O. The molecule has 0 heterocycles. The summed E-state index contributed by atoms with van der Waals surface area (Å²) >= 11 is 0. The number of amides is 1. The Morgan fingerprint density at radius 1 is 0.955 bits per heavy atom. The van der Waals surface area contributed by atoms with Gasteiger partial charge in [-0.1, -0.05) is 24.3 Å². The van der Waals surface area contributed by atoms with Crippen molar-refractivity contribution in [3.63, 3.8) is 0 Å². The van der Waals surface area contributed by atoms with Crippen molar-refractivity contribution in [1.29, 1.82) is 0 Å². The number of hydrogen-bond acceptors (Lipinski definition) is 4. The molecule has 5 heteroatoms. The van der Waals surface area contributed by atoms with Gasteiger partial charge in [0.05, 0.1) is 16.8 Å². The summed E-state index contributed by atoms with van der Waals surface area (Å²) in [6.07, 6.45) is 0. The van der Waals surface area contributed by atoms with E-state index in [1.807, 2.05) is 0 Å². The highest BCUT2D eigenvalue weighted by Gasteiger charge is 2.34. The Hall–Kier alpha value is -2.95. The number of carbonyl (C=O) groups excluding carboxylic acids is 3. The van der Waals surface area contributed by atoms with Gasteiger partial charge in [-0.15, -0.1) is 0 Å². The Labute approximate surface area is 127 Å². The van der Waals surface area contributed by atoms with Crippen molar-refractivity contribution in [3.05, 3.63) is 58.7 Å². The molecule has 0 atom stereocenters. The number of nitrogen functional groups attached to an aromatic ring is 1. The third kappa shape index (κ3) is 1.83. The molecular weight excluding hydrogens is 280 g/mol. The van der Waals surface area contributed by atoms with Crippen LogP contribution in [0, 0.1) is 0 Å². The second-order valence-corrected chi connectivity index (χ2v) is 5.21. The van der Waals surface area contributed by atoms with Gasteiger partial charge in [0.2, 0.25) is 5.91 Å². The summed E-state index contributed by atoms with van der Waals surface area (Å²) in [6, 6.07) is 9.77. The third-order valence-electron chi connectivity index (χ3n) is 3.92. The maximum atomic E-state index is 12.8. The molecular formula is C17H14N2O3. The summed E-state index contributed by atoms with van der Waals surface area (Å²) in [5.74, 6) is -0.812. The molecule has 0 radical (unpaired) electrons. The van der Waals surface area contributed by atoms with E-state index < -0.39 is 0 Å². The molecule has 2 N–H and O–H groups in total. The van der Waals surface area contributed by atoms with Crippen LogP contribution in [0.4, 0.5) is 11.4 Å². The van der Waals surface area contributed by atoms with Gasteiger partial charge in [0.15, 0.2) is 11.6 Å². The van der Waals surface area contributed by atoms with E-state index in [0.717, 1.165) is 0 Å². The lowest BCUT2D eigenvalue weighted by Crippen LogP contribution is -2.29. The summed E-state index contributed by atoms with van der Waals surface area (Å²) in [6.45, 7) is 1.39. The second-order valence-electron chi connectivity index (χ2n) is 5.21. The quantitative estimate of drug-likeness (QED) is 0.696. The van der Waals surface area contributed by atoms with Crippen molar-refractivity contribution in [2.24, 2.45) is 0 Å². The van der Waals surface area contributed by atoms with Crippen LogP contribution in [-0.4, -0.2) is 24.5 Å². The fraction of sp³-hybridized carbons (Fsp3) is 0.118. The van der Waals surface area contributed by atoms with Crippen molar-refractivity contribution in [1.82, 2.24) is 0 Å². The topological polar surface area (TPSA) is 80.5 Å². The van der Waals surface area contributed by atoms with E-state index in [-0.39, 0.29) is 34.3 Å². The normalized spacial score (nSPS) is 12.6. The number of rotatable bonds is 1. The molecule has 0 aromatic heterocycles. The lowest BCUT2D eigenvalue weighted by atomic mass is 9.82. The van der Waals surface area contributed by atoms with Crippen LogP contribution < -0.4 is 10.6 Å². The molecule has 5 nitrogen and oxygen atoms in total. The van der Waals surface area contributed by atoms with E-state index in [1.165, 1.54) is 11.8 Å². The minimum atomic E-state index is -0.291. The van der Waals surface area contributed by atoms with E-state index in [0.29, 0.717) is 16.8 Å². The predicted molar refractivity (Wildman–Crippen MR) is 83.2 cm³/mol. The first-order valence-electron chi connectivity index (χ1n) is 6.78. The second kappa shape index (κ2) is 4.80. The standard InChI is InChI=1S/C17H14N2O3/c1-9(20)19(2)13-8-7-12(18)14-15(13)17(22)11-6-4-3-5-10(11)16(14)21/h3-8H,18H2,1-2H3. The Kier molecular flexibility index (Phi) is 3.06. The molecule has 1 aliphatic carbocycles. The number of nitrogens with two attached hydrogens (primary N) is 1. The zero-order valence-corrected chi connectivity index (χ0v) is 12.2. The molecule has 2 aromatic carbocycles. The Bertz CT molecular complexity index is 840. The molecule has 0 saturated carbocycles. The van der Waals surface area contributed by atoms with Crippen LogP contribution in [0.3, 0.4) is 0 Å². The van der Waals surface area contributed by atoms with Gasteiger partial charge in [-0.2, -0.15) is 0 Å². The smallest absolute Gasteiger partial charge is 0.223 e. The Morgan fingerprint density at radius 3 is 2.05 bits per heavy atom. The Morgan fingerprint density at radius 2 is 1.50 bits per heavy atom. The minimum Gasteiger partial charge on any atom is -0.398 e. The number of benzene rings is 2. The van der Waals surface area contributed by atoms with Gasteiger partial charge in [0.1, 0.15) is 0 Å². The van der Waals surface area contributed by atoms with E-state index in [4.69, 9.17) is 5.73 Å². The highest BCUT2D eigenvalue weighted by Crippen LogP contribution is 2.36. The zero-order valence-electron chi connectivity index (χ0n) is 12.2. The molecule has 2 aromatic rings. The predicted octanol–water partition coefficient (Wildman–Crippen LogP) is 2.03. The van der Waals surface area contributed by atoms with Gasteiger partial charge in [-0.25, -0.2) is 0 Å². The molecule has 0 aliphatic heterocycles. The van der Waals surface area contributed by atoms with Crippen molar-refractivity contribution >= 4 is 28.8 Å². The summed E-state index contributed by atoms with van der Waals surface area (Å²) < 4.78 is 0. The molecule has 1 amide bonds. The fourth-order valence-corrected chi connectivity index (χ4v) is 2.68. The summed E-state index contributed by atoms with van der Waals surface area (Å²) in [7, 11) is 1.56. The lowest BCUT2D eigenvalue weighted by molar-refractivity contribution is -0.116. The van der Waals surface area contributed by atoms with Crippen LogP contribution >= 0.6 is 0 Å². The number of anilines is 2. The van der Waals surface area contributed by atoms with Crippen LogP contribution in [0.15, 0.2) is 36.4 Å². The number of carbonyl (C=O) groups is 3. The van der Waals surface area contributed by atoms with Gasteiger partial charge in [-0.05, 0) is 12.1 Å². The third-order valence-corrected chi connectivity index (χ3v) is 3.92. The number of nitrogens with zero attached hydrogens (tertiary/aromatic N) is 1. The molecule has 0 bridgehead atoms. The number of hydrogen-bond donors (Lipinski definition) is 1. The molecule has 0 unspecified atom stereocenters. The van der Waals surface area contributed by atoms with E-state index >= 15 is 0 Å². The molecule has 1 aliphatic rings. The molecule has 0 fully saturated rings. The summed E-state index contributed by atoms with van der Waals surface area (Å²) in [5.41, 5.74) is 7.60. The maximum absolute atomic E-state index is 12.8. The number of ketones is 2. The first-order valence-corrected chi connectivity index (χ1v) is 6.78. The Balaban J connectivity index is 2.34. The van der Waals surface area contributed by atoms with Crippen LogP contribution in [-0.2, 0) is 4.79 Å². The summed E-state index contributed by atoms with van der Waals surface area (Å²) in [4.78, 5) is 38.5. The van der Waals surface area contributed by atoms with Crippen LogP contribution in [0.5, 0.6) is 0 Å². The number of fused-ring (bicyclic) bond motifs is 2. The van der Waals surface area contributed by atoms with E-state index in [2.05, 4.69) is 0 Å². The van der Waals surface area contributed by atoms with Gasteiger partial charge in [0.25, 0.3) is 0 Å². The van der Waals surface area contributed by atoms with E-state index in [9.17, 15) is 14.4 Å². The van der Waals surface area contributed by atoms with Crippen molar-refractivity contribution < 1.29 is 14.4 Å². The molecule has 0 saturated heterocycles. The first kappa shape index (κ1) is 14.0. The fourth-order valence-electron chi connectivity index (χ4n) is 2.68. The largest absolute Gasteiger partial charge is 0.398 e. The van der Waals surface area contributed by atoms with Crippen molar-refractivity contribution in [3.8, 4) is 0 Å². The minimum absolute atomic E-state index is 0.175. The average molecular weight is 294 g/mol. The average Bonchev–Trinajstić information content (AvgIpc) is 2.51. The van der Waals surface area contributed by atoms with Crippen molar-refractivity contribution in [2.75, 3.05) is 17.7 Å². The van der Waals surface area contributed by atoms with Gasteiger partial charge in [-0.3, -0.25) is 14.4 Å². The molecule has 22 heavy (non-hydrogen) atoms. The van der Waals surface area contributed by atoms with Crippen molar-refractivity contribution in [2.45, 2.75) is 6.92 Å². The van der Waals surface area contributed by atoms with Gasteiger partial charge < -0.3 is 10.6 Å². The molecule has 3 rings (SSSR count). The highest BCUT2D eigenvalue weighted by atomic mass is 16.2. The van der Waals surface area contributed by atoms with Gasteiger partial charge in [0, 0.05) is 30.8 Å². The highest BCUT2D eigenvalue weighted by molar-refractivity contribution is 6.32. The van der Waals surface area contributed by atoms with Crippen LogP contribution in [0.2, 0.25) is 0 Å². The monoisotopic (exact) mass is 294 g/mol. The van der Waals surface area contributed by atoms with Crippen LogP contribution in [0.1, 0.15) is 38.8 Å². The maximum Gasteiger partial charge on any atom is 0.223 e. The molecule has 0 spiro atoms. The van der Waals surface area contributed by atoms with Gasteiger partial charge >= 0.3 is 0 Å². The van der Waals surface area contributed by atoms with E-state index in [1.54, 1.807) is 43.4 Å². The zero-order chi connectivity index (χ0) is 16.0. The molecule has 110 valence electrons.